The van der Waals surface area contributed by atoms with Crippen LogP contribution >= 0.6 is 0 Å². The molecule has 0 atom stereocenters. The number of para-hydroxylation sites is 1. The average molecular weight is 282 g/mol. The molecule has 0 aromatic heterocycles. The van der Waals surface area contributed by atoms with Gasteiger partial charge in [0.1, 0.15) is 5.82 Å². The van der Waals surface area contributed by atoms with Gasteiger partial charge in [-0.3, -0.25) is 4.90 Å². The third-order valence-corrected chi connectivity index (χ3v) is 3.56. The summed E-state index contributed by atoms with van der Waals surface area (Å²) >= 11 is 0. The number of hydrogen-bond acceptors (Lipinski definition) is 1. The van der Waals surface area contributed by atoms with Gasteiger partial charge in [-0.25, -0.2) is 9.18 Å². The van der Waals surface area contributed by atoms with Crippen LogP contribution in [0, 0.1) is 5.82 Å². The number of allylic oxidation sites excluding steroid dienone is 1. The van der Waals surface area contributed by atoms with E-state index >= 15 is 0 Å². The van der Waals surface area contributed by atoms with Crippen LogP contribution in [-0.2, 0) is 6.54 Å². The zero-order valence-electron chi connectivity index (χ0n) is 11.7. The van der Waals surface area contributed by atoms with Crippen molar-refractivity contribution in [2.45, 2.75) is 13.5 Å². The lowest BCUT2D eigenvalue weighted by Gasteiger charge is -2.29. The maximum absolute atomic E-state index is 14.1. The highest BCUT2D eigenvalue weighted by Gasteiger charge is 2.24. The number of hydrogen-bond donors (Lipinski definition) is 1. The molecule has 4 heteroatoms. The van der Waals surface area contributed by atoms with E-state index in [1.54, 1.807) is 19.1 Å². The SMILES string of the molecule is C=C(C)c1ccc(N2Cc3ccccc3NC2=O)cc1F. The topological polar surface area (TPSA) is 32.3 Å². The number of nitrogens with zero attached hydrogens (tertiary/aromatic N) is 1. The predicted octanol–water partition coefficient (Wildman–Crippen LogP) is 4.41. The van der Waals surface area contributed by atoms with E-state index in [1.165, 1.54) is 11.0 Å². The fraction of sp³-hybridized carbons (Fsp3) is 0.118. The Balaban J connectivity index is 1.96. The number of rotatable bonds is 2. The van der Waals surface area contributed by atoms with E-state index in [9.17, 15) is 9.18 Å². The smallest absolute Gasteiger partial charge is 0.307 e. The molecule has 1 aliphatic heterocycles. The summed E-state index contributed by atoms with van der Waals surface area (Å²) in [7, 11) is 0. The lowest BCUT2D eigenvalue weighted by Crippen LogP contribution is -2.38. The molecule has 106 valence electrons. The van der Waals surface area contributed by atoms with Crippen LogP contribution in [0.3, 0.4) is 0 Å². The quantitative estimate of drug-likeness (QED) is 0.869. The summed E-state index contributed by atoms with van der Waals surface area (Å²) in [6.45, 7) is 5.92. The molecule has 1 N–H and O–H groups in total. The first-order valence-corrected chi connectivity index (χ1v) is 6.68. The summed E-state index contributed by atoms with van der Waals surface area (Å²) in [5.74, 6) is -0.369. The van der Waals surface area contributed by atoms with Crippen molar-refractivity contribution in [1.29, 1.82) is 0 Å². The molecule has 0 fully saturated rings. The summed E-state index contributed by atoms with van der Waals surface area (Å²) in [6.07, 6.45) is 0. The average Bonchev–Trinajstić information content (AvgIpc) is 2.46. The van der Waals surface area contributed by atoms with E-state index < -0.39 is 0 Å². The van der Waals surface area contributed by atoms with Gasteiger partial charge in [-0.15, -0.1) is 0 Å². The third-order valence-electron chi connectivity index (χ3n) is 3.56. The summed E-state index contributed by atoms with van der Waals surface area (Å²) in [6, 6.07) is 12.1. The third kappa shape index (κ3) is 2.40. The molecule has 0 bridgehead atoms. The Hall–Kier alpha value is -2.62. The largest absolute Gasteiger partial charge is 0.326 e. The van der Waals surface area contributed by atoms with E-state index in [1.807, 2.05) is 24.3 Å². The Morgan fingerprint density at radius 3 is 2.76 bits per heavy atom. The monoisotopic (exact) mass is 282 g/mol. The highest BCUT2D eigenvalue weighted by molar-refractivity contribution is 6.04. The second-order valence-corrected chi connectivity index (χ2v) is 5.12. The van der Waals surface area contributed by atoms with Crippen LogP contribution < -0.4 is 10.2 Å². The number of anilines is 2. The van der Waals surface area contributed by atoms with Crippen molar-refractivity contribution in [3.8, 4) is 0 Å². The van der Waals surface area contributed by atoms with Crippen LogP contribution in [0.15, 0.2) is 49.0 Å². The zero-order valence-corrected chi connectivity index (χ0v) is 11.7. The highest BCUT2D eigenvalue weighted by Crippen LogP contribution is 2.29. The molecule has 0 aliphatic carbocycles. The maximum Gasteiger partial charge on any atom is 0.326 e. The van der Waals surface area contributed by atoms with Crippen molar-refractivity contribution in [2.24, 2.45) is 0 Å². The Morgan fingerprint density at radius 1 is 1.29 bits per heavy atom. The number of fused-ring (bicyclic) bond motifs is 1. The van der Waals surface area contributed by atoms with E-state index in [-0.39, 0.29) is 11.8 Å². The molecule has 0 unspecified atom stereocenters. The van der Waals surface area contributed by atoms with E-state index in [0.717, 1.165) is 11.3 Å². The van der Waals surface area contributed by atoms with Crippen molar-refractivity contribution in [3.63, 3.8) is 0 Å². The van der Waals surface area contributed by atoms with Gasteiger partial charge in [-0.05, 0) is 42.3 Å². The molecule has 3 rings (SSSR count). The van der Waals surface area contributed by atoms with Crippen LogP contribution in [0.2, 0.25) is 0 Å². The molecule has 0 spiro atoms. The van der Waals surface area contributed by atoms with Crippen molar-refractivity contribution in [1.82, 2.24) is 0 Å². The summed E-state index contributed by atoms with van der Waals surface area (Å²) in [5.41, 5.74) is 3.47. The molecule has 3 nitrogen and oxygen atoms in total. The first kappa shape index (κ1) is 13.4. The molecule has 2 amide bonds. The Bertz CT molecular complexity index is 739. The lowest BCUT2D eigenvalue weighted by atomic mass is 10.1. The molecule has 2 aromatic carbocycles. The van der Waals surface area contributed by atoms with Crippen LogP contribution in [-0.4, -0.2) is 6.03 Å². The number of carbonyl (C=O) groups is 1. The molecule has 1 heterocycles. The van der Waals surface area contributed by atoms with Gasteiger partial charge in [0.15, 0.2) is 0 Å². The Morgan fingerprint density at radius 2 is 2.05 bits per heavy atom. The Kier molecular flexibility index (Phi) is 3.22. The van der Waals surface area contributed by atoms with Gasteiger partial charge in [0.2, 0.25) is 0 Å². The van der Waals surface area contributed by atoms with Crippen LogP contribution in [0.1, 0.15) is 18.1 Å². The van der Waals surface area contributed by atoms with Gasteiger partial charge in [0.05, 0.1) is 6.54 Å². The number of amides is 2. The summed E-state index contributed by atoms with van der Waals surface area (Å²) < 4.78 is 14.1. The van der Waals surface area contributed by atoms with Gasteiger partial charge in [0, 0.05) is 16.9 Å². The summed E-state index contributed by atoms with van der Waals surface area (Å²) in [4.78, 5) is 13.7. The van der Waals surface area contributed by atoms with Crippen molar-refractivity contribution < 1.29 is 9.18 Å². The minimum atomic E-state index is -0.369. The minimum Gasteiger partial charge on any atom is -0.307 e. The fourth-order valence-electron chi connectivity index (χ4n) is 2.43. The molecule has 0 saturated carbocycles. The second-order valence-electron chi connectivity index (χ2n) is 5.12. The predicted molar refractivity (Wildman–Crippen MR) is 82.8 cm³/mol. The van der Waals surface area contributed by atoms with Gasteiger partial charge in [-0.2, -0.15) is 0 Å². The van der Waals surface area contributed by atoms with Crippen molar-refractivity contribution >= 4 is 23.0 Å². The van der Waals surface area contributed by atoms with Crippen LogP contribution in [0.5, 0.6) is 0 Å². The molecule has 2 aromatic rings. The normalized spacial score (nSPS) is 13.6. The number of halogens is 1. The molecule has 1 aliphatic rings. The number of benzene rings is 2. The van der Waals surface area contributed by atoms with Gasteiger partial charge < -0.3 is 5.32 Å². The van der Waals surface area contributed by atoms with Gasteiger partial charge in [0.25, 0.3) is 0 Å². The molecular weight excluding hydrogens is 267 g/mol. The number of carbonyl (C=O) groups excluding carboxylic acids is 1. The van der Waals surface area contributed by atoms with E-state index in [2.05, 4.69) is 11.9 Å². The van der Waals surface area contributed by atoms with E-state index in [4.69, 9.17) is 0 Å². The summed E-state index contributed by atoms with van der Waals surface area (Å²) in [5, 5.41) is 2.81. The standard InChI is InChI=1S/C17H15FN2O/c1-11(2)14-8-7-13(9-15(14)18)20-10-12-5-3-4-6-16(12)19-17(20)21/h3-9H,1,10H2,2H3,(H,19,21). The first-order valence-electron chi connectivity index (χ1n) is 6.68. The Labute approximate surface area is 122 Å². The minimum absolute atomic E-state index is 0.254. The van der Waals surface area contributed by atoms with Crippen molar-refractivity contribution in [3.05, 3.63) is 66.0 Å². The highest BCUT2D eigenvalue weighted by atomic mass is 19.1. The lowest BCUT2D eigenvalue weighted by molar-refractivity contribution is 0.256. The zero-order chi connectivity index (χ0) is 15.0. The van der Waals surface area contributed by atoms with Crippen LogP contribution in [0.4, 0.5) is 20.6 Å². The van der Waals surface area contributed by atoms with Gasteiger partial charge in [-0.1, -0.05) is 24.8 Å². The molecule has 21 heavy (non-hydrogen) atoms. The number of urea groups is 1. The van der Waals surface area contributed by atoms with Gasteiger partial charge >= 0.3 is 6.03 Å². The van der Waals surface area contributed by atoms with Crippen molar-refractivity contribution in [2.75, 3.05) is 10.2 Å². The van der Waals surface area contributed by atoms with E-state index in [0.29, 0.717) is 23.4 Å². The molecule has 0 saturated heterocycles. The second kappa shape index (κ2) is 5.05. The first-order chi connectivity index (χ1) is 10.1. The molecule has 0 radical (unpaired) electrons. The fourth-order valence-corrected chi connectivity index (χ4v) is 2.43. The van der Waals surface area contributed by atoms with Crippen LogP contribution in [0.25, 0.3) is 5.57 Å². The maximum atomic E-state index is 14.1. The number of nitrogens with one attached hydrogen (secondary N) is 1. The molecular formula is C17H15FN2O.